The van der Waals surface area contributed by atoms with Crippen LogP contribution in [0.5, 0.6) is 23.0 Å². The Labute approximate surface area is 139 Å². The van der Waals surface area contributed by atoms with Crippen molar-refractivity contribution >= 4 is 10.8 Å². The van der Waals surface area contributed by atoms with Crippen LogP contribution in [0.25, 0.3) is 22.0 Å². The molecule has 1 aliphatic rings. The van der Waals surface area contributed by atoms with Gasteiger partial charge in [0.15, 0.2) is 35.7 Å². The Morgan fingerprint density at radius 2 is 1.83 bits per heavy atom. The van der Waals surface area contributed by atoms with Crippen LogP contribution in [0.2, 0.25) is 0 Å². The third-order valence-electron chi connectivity index (χ3n) is 4.60. The molecule has 0 aliphatic carbocycles. The standard InChI is InChI=1S/C19H17NO4/c1-23-18-8-12-5-6-20-10-14-11(3-4-16(21)19(14)24-2)7-15(20)13(12)9-17(18)22/h3-4,7-10H,5-6H2,1-2H3,(H-,21,22)/p+1. The predicted molar refractivity (Wildman–Crippen MR) is 89.7 cm³/mol. The van der Waals surface area contributed by atoms with E-state index in [-0.39, 0.29) is 11.5 Å². The van der Waals surface area contributed by atoms with Crippen LogP contribution in [0.4, 0.5) is 0 Å². The van der Waals surface area contributed by atoms with Crippen LogP contribution < -0.4 is 14.0 Å². The Bertz CT molecular complexity index is 965. The molecule has 0 bridgehead atoms. The van der Waals surface area contributed by atoms with Gasteiger partial charge in [-0.1, -0.05) is 0 Å². The lowest BCUT2D eigenvalue weighted by Crippen LogP contribution is -2.40. The fraction of sp³-hybridized carbons (Fsp3) is 0.211. The third-order valence-corrected chi connectivity index (χ3v) is 4.60. The van der Waals surface area contributed by atoms with Gasteiger partial charge in [0.1, 0.15) is 0 Å². The highest BCUT2D eigenvalue weighted by atomic mass is 16.5. The molecule has 2 aromatic carbocycles. The number of nitrogens with zero attached hydrogens (tertiary/aromatic N) is 1. The smallest absolute Gasteiger partial charge is 0.213 e. The van der Waals surface area contributed by atoms with E-state index in [9.17, 15) is 10.2 Å². The van der Waals surface area contributed by atoms with Crippen molar-refractivity contribution in [3.63, 3.8) is 0 Å². The van der Waals surface area contributed by atoms with Gasteiger partial charge in [0.2, 0.25) is 5.69 Å². The monoisotopic (exact) mass is 324 g/mol. The molecule has 0 saturated heterocycles. The number of methoxy groups -OCH3 is 2. The average molecular weight is 324 g/mol. The molecule has 2 N–H and O–H groups in total. The lowest BCUT2D eigenvalue weighted by atomic mass is 9.95. The highest BCUT2D eigenvalue weighted by Crippen LogP contribution is 2.39. The predicted octanol–water partition coefficient (Wildman–Crippen LogP) is 2.78. The molecule has 2 heterocycles. The minimum Gasteiger partial charge on any atom is -0.504 e. The summed E-state index contributed by atoms with van der Waals surface area (Å²) in [7, 11) is 3.11. The van der Waals surface area contributed by atoms with Gasteiger partial charge in [-0.15, -0.1) is 0 Å². The van der Waals surface area contributed by atoms with E-state index in [4.69, 9.17) is 9.47 Å². The van der Waals surface area contributed by atoms with E-state index >= 15 is 0 Å². The van der Waals surface area contributed by atoms with Crippen molar-refractivity contribution in [2.24, 2.45) is 0 Å². The molecule has 0 atom stereocenters. The van der Waals surface area contributed by atoms with Crippen molar-refractivity contribution in [2.45, 2.75) is 13.0 Å². The van der Waals surface area contributed by atoms with Gasteiger partial charge in [-0.25, -0.2) is 0 Å². The average Bonchev–Trinajstić information content (AvgIpc) is 2.59. The number of phenolic OH excluding ortho intramolecular Hbond substituents is 2. The van der Waals surface area contributed by atoms with Crippen molar-refractivity contribution in [3.8, 4) is 34.3 Å². The number of phenols is 2. The number of aryl methyl sites for hydroxylation is 2. The van der Waals surface area contributed by atoms with Crippen LogP contribution in [0.3, 0.4) is 0 Å². The molecule has 0 radical (unpaired) electrons. The minimum absolute atomic E-state index is 0.129. The fourth-order valence-electron chi connectivity index (χ4n) is 3.41. The molecule has 0 spiro atoms. The molecule has 3 aromatic rings. The molecule has 5 heteroatoms. The molecule has 4 rings (SSSR count). The zero-order valence-electron chi connectivity index (χ0n) is 13.5. The molecular weight excluding hydrogens is 306 g/mol. The number of aromatic hydroxyl groups is 2. The van der Waals surface area contributed by atoms with Gasteiger partial charge in [-0.3, -0.25) is 0 Å². The van der Waals surface area contributed by atoms with Crippen LogP contribution in [-0.2, 0) is 13.0 Å². The first-order valence-corrected chi connectivity index (χ1v) is 7.75. The normalized spacial score (nSPS) is 12.6. The third kappa shape index (κ3) is 2.05. The van der Waals surface area contributed by atoms with Crippen molar-refractivity contribution in [1.29, 1.82) is 0 Å². The summed E-state index contributed by atoms with van der Waals surface area (Å²) in [6, 6.07) is 9.21. The SMILES string of the molecule is COc1cc2c(cc1O)-c1cc3ccc(O)c(OC)c3c[n+]1CC2. The van der Waals surface area contributed by atoms with Crippen molar-refractivity contribution in [2.75, 3.05) is 14.2 Å². The number of aromatic nitrogens is 1. The van der Waals surface area contributed by atoms with Crippen LogP contribution in [0.15, 0.2) is 36.5 Å². The summed E-state index contributed by atoms with van der Waals surface area (Å²) in [5.74, 6) is 1.23. The summed E-state index contributed by atoms with van der Waals surface area (Å²) < 4.78 is 12.7. The van der Waals surface area contributed by atoms with Crippen LogP contribution in [0.1, 0.15) is 5.56 Å². The molecular formula is C19H18NO4+. The van der Waals surface area contributed by atoms with Crippen molar-refractivity contribution in [3.05, 3.63) is 42.1 Å². The first-order valence-electron chi connectivity index (χ1n) is 7.75. The first kappa shape index (κ1) is 14.6. The maximum Gasteiger partial charge on any atom is 0.213 e. The van der Waals surface area contributed by atoms with Gasteiger partial charge in [0, 0.05) is 12.5 Å². The van der Waals surface area contributed by atoms with E-state index in [0.717, 1.165) is 40.6 Å². The van der Waals surface area contributed by atoms with Crippen molar-refractivity contribution in [1.82, 2.24) is 0 Å². The molecule has 24 heavy (non-hydrogen) atoms. The number of rotatable bonds is 2. The molecule has 0 amide bonds. The van der Waals surface area contributed by atoms with Gasteiger partial charge < -0.3 is 19.7 Å². The number of pyridine rings is 1. The van der Waals surface area contributed by atoms with E-state index in [2.05, 4.69) is 10.6 Å². The van der Waals surface area contributed by atoms with Crippen molar-refractivity contribution < 1.29 is 24.3 Å². The molecule has 5 nitrogen and oxygen atoms in total. The van der Waals surface area contributed by atoms with Gasteiger partial charge in [0.25, 0.3) is 0 Å². The zero-order chi connectivity index (χ0) is 16.8. The minimum atomic E-state index is 0.129. The van der Waals surface area contributed by atoms with Gasteiger partial charge in [-0.2, -0.15) is 4.57 Å². The number of hydrogen-bond donors (Lipinski definition) is 2. The number of hydrogen-bond acceptors (Lipinski definition) is 4. The summed E-state index contributed by atoms with van der Waals surface area (Å²) in [6.45, 7) is 0.811. The number of ether oxygens (including phenoxy) is 2. The Hall–Kier alpha value is -2.95. The maximum absolute atomic E-state index is 10.1. The topological polar surface area (TPSA) is 62.8 Å². The first-order chi connectivity index (χ1) is 11.6. The Kier molecular flexibility index (Phi) is 3.23. The second-order valence-electron chi connectivity index (χ2n) is 5.90. The summed E-state index contributed by atoms with van der Waals surface area (Å²) >= 11 is 0. The van der Waals surface area contributed by atoms with E-state index in [0.29, 0.717) is 11.5 Å². The molecule has 1 aliphatic heterocycles. The number of fused-ring (bicyclic) bond motifs is 4. The second kappa shape index (κ2) is 5.30. The zero-order valence-corrected chi connectivity index (χ0v) is 13.5. The van der Waals surface area contributed by atoms with Gasteiger partial charge >= 0.3 is 0 Å². The summed E-state index contributed by atoms with van der Waals surface area (Å²) in [6.07, 6.45) is 2.84. The lowest BCUT2D eigenvalue weighted by Gasteiger charge is -2.17. The van der Waals surface area contributed by atoms with E-state index in [1.165, 1.54) is 0 Å². The van der Waals surface area contributed by atoms with E-state index in [1.807, 2.05) is 18.3 Å². The summed E-state index contributed by atoms with van der Waals surface area (Å²) in [4.78, 5) is 0. The highest BCUT2D eigenvalue weighted by Gasteiger charge is 2.26. The lowest BCUT2D eigenvalue weighted by molar-refractivity contribution is -0.686. The fourth-order valence-corrected chi connectivity index (χ4v) is 3.41. The largest absolute Gasteiger partial charge is 0.504 e. The Morgan fingerprint density at radius 1 is 1.00 bits per heavy atom. The molecule has 0 fully saturated rings. The molecule has 0 unspecified atom stereocenters. The van der Waals surface area contributed by atoms with Gasteiger partial charge in [0.05, 0.1) is 25.2 Å². The number of benzene rings is 2. The highest BCUT2D eigenvalue weighted by molar-refractivity contribution is 5.91. The summed E-state index contributed by atoms with van der Waals surface area (Å²) in [5, 5.41) is 22.0. The molecule has 0 saturated carbocycles. The van der Waals surface area contributed by atoms with E-state index < -0.39 is 0 Å². The van der Waals surface area contributed by atoms with Crippen LogP contribution in [-0.4, -0.2) is 24.4 Å². The Morgan fingerprint density at radius 3 is 2.58 bits per heavy atom. The van der Waals surface area contributed by atoms with Crippen LogP contribution >= 0.6 is 0 Å². The van der Waals surface area contributed by atoms with Gasteiger partial charge in [-0.05, 0) is 35.2 Å². The molecule has 122 valence electrons. The quantitative estimate of drug-likeness (QED) is 0.712. The van der Waals surface area contributed by atoms with E-state index in [1.54, 1.807) is 26.4 Å². The summed E-state index contributed by atoms with van der Waals surface area (Å²) in [5.41, 5.74) is 3.16. The Balaban J connectivity index is 1.98. The van der Waals surface area contributed by atoms with Crippen LogP contribution in [0, 0.1) is 0 Å². The maximum atomic E-state index is 10.1. The molecule has 1 aromatic heterocycles. The second-order valence-corrected chi connectivity index (χ2v) is 5.90.